The summed E-state index contributed by atoms with van der Waals surface area (Å²) in [5.74, 6) is -3.65. The molecule has 3 aliphatic rings. The number of β-lactam (4-membered cyclic amide) rings is 1. The van der Waals surface area contributed by atoms with E-state index in [0.717, 1.165) is 11.2 Å². The van der Waals surface area contributed by atoms with Gasteiger partial charge in [0.2, 0.25) is 5.91 Å². The Hall–Kier alpha value is -3.61. The summed E-state index contributed by atoms with van der Waals surface area (Å²) in [5.41, 5.74) is 5.31. The van der Waals surface area contributed by atoms with Gasteiger partial charge in [-0.2, -0.15) is 8.42 Å². The molecule has 0 aliphatic carbocycles. The van der Waals surface area contributed by atoms with E-state index >= 15 is 0 Å². The van der Waals surface area contributed by atoms with Gasteiger partial charge in [0.15, 0.2) is 11.5 Å². The largest absolute Gasteiger partial charge is 0.476 e. The molecule has 4 rings (SSSR count). The van der Waals surface area contributed by atoms with Gasteiger partial charge in [-0.05, 0) is 30.7 Å². The van der Waals surface area contributed by atoms with Crippen molar-refractivity contribution in [3.8, 4) is 0 Å². The van der Waals surface area contributed by atoms with E-state index in [1.807, 2.05) is 0 Å². The van der Waals surface area contributed by atoms with Crippen LogP contribution in [-0.2, 0) is 23.9 Å². The summed E-state index contributed by atoms with van der Waals surface area (Å²) >= 11 is 0. The number of nitrogens with one attached hydrogen (secondary N) is 1. The number of likely N-dealkylation sites (tertiary alicyclic amines) is 1. The number of nitrogens with zero attached hydrogens (tertiary/aromatic N) is 2. The van der Waals surface area contributed by atoms with E-state index in [2.05, 4.69) is 5.32 Å². The summed E-state index contributed by atoms with van der Waals surface area (Å²) in [5, 5.41) is 12.1. The van der Waals surface area contributed by atoms with Crippen molar-refractivity contribution in [2.24, 2.45) is 11.7 Å². The van der Waals surface area contributed by atoms with Gasteiger partial charge >= 0.3 is 22.1 Å². The van der Waals surface area contributed by atoms with E-state index in [0.29, 0.717) is 5.69 Å². The number of urea groups is 1. The molecule has 12 nitrogen and oxygen atoms in total. The summed E-state index contributed by atoms with van der Waals surface area (Å²) < 4.78 is 28.2. The third-order valence-electron chi connectivity index (χ3n) is 5.48. The number of hydrogen-bond acceptors (Lipinski definition) is 7. The lowest BCUT2D eigenvalue weighted by Gasteiger charge is -2.52. The molecule has 4 amide bonds. The lowest BCUT2D eigenvalue weighted by molar-refractivity contribution is -0.160. The predicted molar refractivity (Wildman–Crippen MR) is 104 cm³/mol. The zero-order valence-corrected chi connectivity index (χ0v) is 17.0. The molecule has 13 heteroatoms. The first kappa shape index (κ1) is 20.7. The first-order chi connectivity index (χ1) is 14.5. The quantitative estimate of drug-likeness (QED) is 0.397. The number of anilines is 1. The van der Waals surface area contributed by atoms with Gasteiger partial charge in [-0.25, -0.2) is 9.59 Å². The number of piperidine rings is 1. The number of primary amides is 1. The van der Waals surface area contributed by atoms with Crippen LogP contribution >= 0.6 is 0 Å². The Kier molecular flexibility index (Phi) is 4.65. The van der Waals surface area contributed by atoms with Gasteiger partial charge < -0.3 is 25.2 Å². The molecule has 2 fully saturated rings. The molecule has 164 valence electrons. The van der Waals surface area contributed by atoms with E-state index in [1.54, 1.807) is 0 Å². The van der Waals surface area contributed by atoms with Crippen molar-refractivity contribution in [1.82, 2.24) is 9.80 Å². The van der Waals surface area contributed by atoms with Crippen LogP contribution in [-0.4, -0.2) is 72.0 Å². The molecule has 2 saturated heterocycles. The lowest BCUT2D eigenvalue weighted by Crippen LogP contribution is -2.74. The molecule has 3 aliphatic heterocycles. The highest BCUT2D eigenvalue weighted by molar-refractivity contribution is 7.86. The van der Waals surface area contributed by atoms with E-state index < -0.39 is 57.6 Å². The third-order valence-corrected chi connectivity index (χ3v) is 5.96. The Balaban J connectivity index is 1.55. The summed E-state index contributed by atoms with van der Waals surface area (Å²) in [6.07, 6.45) is 1.00. The normalized spacial score (nSPS) is 24.4. The Bertz CT molecular complexity index is 1140. The Morgan fingerprint density at radius 2 is 1.87 bits per heavy atom. The highest BCUT2D eigenvalue weighted by Crippen LogP contribution is 2.49. The van der Waals surface area contributed by atoms with Gasteiger partial charge in [0, 0.05) is 23.7 Å². The van der Waals surface area contributed by atoms with Crippen LogP contribution in [0.15, 0.2) is 35.7 Å². The molecule has 4 N–H and O–H groups in total. The van der Waals surface area contributed by atoms with Gasteiger partial charge in [0.1, 0.15) is 6.04 Å². The van der Waals surface area contributed by atoms with Crippen LogP contribution < -0.4 is 11.1 Å². The van der Waals surface area contributed by atoms with Crippen LogP contribution in [0.3, 0.4) is 0 Å². The minimum atomic E-state index is -4.01. The van der Waals surface area contributed by atoms with Crippen LogP contribution in [0.25, 0.3) is 0 Å². The number of aliphatic carboxylic acids is 1. The van der Waals surface area contributed by atoms with Gasteiger partial charge in [-0.1, -0.05) is 0 Å². The number of rotatable bonds is 5. The number of nitrogens with two attached hydrogens (primary N) is 1. The number of carboxylic acid groups (broad SMARTS) is 1. The van der Waals surface area contributed by atoms with Crippen molar-refractivity contribution < 1.29 is 36.9 Å². The number of hydrogen-bond donors (Lipinski definition) is 3. The molecule has 1 aromatic carbocycles. The van der Waals surface area contributed by atoms with Crippen molar-refractivity contribution in [3.05, 3.63) is 41.3 Å². The number of carboxylic acids is 1. The summed E-state index contributed by atoms with van der Waals surface area (Å²) in [4.78, 5) is 50.6. The van der Waals surface area contributed by atoms with Crippen LogP contribution in [0.4, 0.5) is 10.5 Å². The van der Waals surface area contributed by atoms with Gasteiger partial charge in [-0.3, -0.25) is 14.5 Å². The fraction of sp³-hybridized carbons (Fsp3) is 0.333. The summed E-state index contributed by atoms with van der Waals surface area (Å²) in [7, 11) is -4.01. The molecule has 1 unspecified atom stereocenters. The van der Waals surface area contributed by atoms with E-state index in [9.17, 15) is 32.7 Å². The van der Waals surface area contributed by atoms with Crippen molar-refractivity contribution in [1.29, 1.82) is 0 Å². The van der Waals surface area contributed by atoms with Crippen LogP contribution in [0.5, 0.6) is 0 Å². The maximum absolute atomic E-state index is 12.8. The second kappa shape index (κ2) is 6.97. The van der Waals surface area contributed by atoms with Gasteiger partial charge in [-0.15, -0.1) is 0 Å². The van der Waals surface area contributed by atoms with E-state index in [4.69, 9.17) is 9.92 Å². The molecule has 3 atom stereocenters. The highest BCUT2D eigenvalue weighted by atomic mass is 32.2. The Labute approximate surface area is 176 Å². The maximum atomic E-state index is 12.8. The van der Waals surface area contributed by atoms with E-state index in [1.165, 1.54) is 29.2 Å². The standard InChI is InChI=1S/C18H18N4O8S/c1-31(28,29)30-14-10-6-7-21(12-11(10)22(16(12)24)13(14)17(25)26)18(27)20-9-4-2-8(3-5-9)15(19)23/h2-5,10-12H,6-7H2,1H3,(H2,19,23)(H,20,27)(H,25,26)/t10?,11-,12+/m1/s1. The molecule has 0 radical (unpaired) electrons. The molecule has 1 aromatic rings. The van der Waals surface area contributed by atoms with Crippen molar-refractivity contribution in [2.45, 2.75) is 18.5 Å². The summed E-state index contributed by atoms with van der Waals surface area (Å²) in [6.45, 7) is 0.0835. The number of carbonyl (C=O) groups is 4. The Morgan fingerprint density at radius 3 is 2.42 bits per heavy atom. The third kappa shape index (κ3) is 3.36. The monoisotopic (exact) mass is 450 g/mol. The molecular weight excluding hydrogens is 432 g/mol. The van der Waals surface area contributed by atoms with Gasteiger partial charge in [0.05, 0.1) is 12.3 Å². The number of benzene rings is 1. The summed E-state index contributed by atoms with van der Waals surface area (Å²) in [6, 6.07) is 3.60. The molecule has 0 spiro atoms. The molecule has 31 heavy (non-hydrogen) atoms. The number of amides is 4. The zero-order valence-electron chi connectivity index (χ0n) is 16.1. The maximum Gasteiger partial charge on any atom is 0.356 e. The van der Waals surface area contributed by atoms with Crippen LogP contribution in [0.2, 0.25) is 0 Å². The first-order valence-electron chi connectivity index (χ1n) is 9.17. The topological polar surface area (TPSA) is 176 Å². The number of carbonyl (C=O) groups excluding carboxylic acids is 3. The zero-order chi connectivity index (χ0) is 22.7. The predicted octanol–water partition coefficient (Wildman–Crippen LogP) is -0.495. The fourth-order valence-corrected chi connectivity index (χ4v) is 4.78. The fourth-order valence-electron chi connectivity index (χ4n) is 4.25. The minimum Gasteiger partial charge on any atom is -0.476 e. The average molecular weight is 450 g/mol. The van der Waals surface area contributed by atoms with Gasteiger partial charge in [0.25, 0.3) is 5.91 Å². The Morgan fingerprint density at radius 1 is 1.23 bits per heavy atom. The molecule has 3 heterocycles. The minimum absolute atomic E-state index is 0.0835. The van der Waals surface area contributed by atoms with Crippen molar-refractivity contribution in [3.63, 3.8) is 0 Å². The molecule has 0 aromatic heterocycles. The van der Waals surface area contributed by atoms with Crippen LogP contribution in [0, 0.1) is 5.92 Å². The average Bonchev–Trinajstić information content (AvgIpc) is 2.98. The lowest BCUT2D eigenvalue weighted by atomic mass is 9.80. The SMILES string of the molecule is CS(=O)(=O)OC1=C(C(=O)O)N2C(=O)[C@@H]3[C@H]2C1CCN3C(=O)Nc1ccc(C(N)=O)cc1. The van der Waals surface area contributed by atoms with Crippen LogP contribution in [0.1, 0.15) is 16.8 Å². The van der Waals surface area contributed by atoms with Crippen molar-refractivity contribution >= 4 is 39.6 Å². The highest BCUT2D eigenvalue weighted by Gasteiger charge is 2.65. The molecule has 0 saturated carbocycles. The molecular formula is C18H18N4O8S. The van der Waals surface area contributed by atoms with Crippen molar-refractivity contribution in [2.75, 3.05) is 18.1 Å². The smallest absolute Gasteiger partial charge is 0.356 e. The second-order valence-corrected chi connectivity index (χ2v) is 8.98. The first-order valence-corrected chi connectivity index (χ1v) is 11.0. The second-order valence-electron chi connectivity index (χ2n) is 7.41. The molecule has 0 bridgehead atoms. The van der Waals surface area contributed by atoms with E-state index in [-0.39, 0.29) is 24.3 Å².